The van der Waals surface area contributed by atoms with Crippen LogP contribution in [0.1, 0.15) is 28.5 Å². The van der Waals surface area contributed by atoms with Crippen LogP contribution in [0.2, 0.25) is 0 Å². The Morgan fingerprint density at radius 2 is 2.14 bits per heavy atom. The molecule has 0 radical (unpaired) electrons. The molecule has 0 bridgehead atoms. The van der Waals surface area contributed by atoms with Crippen molar-refractivity contribution in [2.24, 2.45) is 0 Å². The van der Waals surface area contributed by atoms with Gasteiger partial charge in [-0.25, -0.2) is 0 Å². The molecule has 0 amide bonds. The Kier molecular flexibility index (Phi) is 4.01. The lowest BCUT2D eigenvalue weighted by molar-refractivity contribution is -0.134. The van der Waals surface area contributed by atoms with Crippen molar-refractivity contribution < 1.29 is 23.0 Å². The van der Waals surface area contributed by atoms with E-state index in [0.29, 0.717) is 41.4 Å². The highest BCUT2D eigenvalue weighted by molar-refractivity contribution is 7.10. The van der Waals surface area contributed by atoms with Crippen LogP contribution >= 0.6 is 11.3 Å². The molecule has 2 aromatic rings. The number of aliphatic hydroxyl groups is 1. The van der Waals surface area contributed by atoms with E-state index in [9.17, 15) is 18.3 Å². The number of hydrogen-bond acceptors (Lipinski definition) is 4. The van der Waals surface area contributed by atoms with Crippen molar-refractivity contribution in [3.63, 3.8) is 0 Å². The molecule has 118 valence electrons. The summed E-state index contributed by atoms with van der Waals surface area (Å²) >= 11 is 0.685. The fourth-order valence-corrected chi connectivity index (χ4v) is 3.25. The first kappa shape index (κ1) is 15.2. The summed E-state index contributed by atoms with van der Waals surface area (Å²) in [5, 5.41) is 14.3. The monoisotopic (exact) mass is 329 g/mol. The number of benzene rings is 1. The van der Waals surface area contributed by atoms with Gasteiger partial charge in [0.1, 0.15) is 10.6 Å². The van der Waals surface area contributed by atoms with Gasteiger partial charge >= 0.3 is 6.18 Å². The molecule has 0 fully saturated rings. The number of rotatable bonds is 3. The largest absolute Gasteiger partial charge is 0.491 e. The van der Waals surface area contributed by atoms with Crippen LogP contribution in [0.25, 0.3) is 0 Å². The Balaban J connectivity index is 1.81. The third-order valence-corrected chi connectivity index (χ3v) is 4.52. The molecule has 0 saturated carbocycles. The van der Waals surface area contributed by atoms with Gasteiger partial charge in [-0.3, -0.25) is 0 Å². The lowest BCUT2D eigenvalue weighted by Gasteiger charge is -2.24. The first-order valence-electron chi connectivity index (χ1n) is 6.78. The van der Waals surface area contributed by atoms with Crippen molar-refractivity contribution in [3.8, 4) is 5.75 Å². The quantitative estimate of drug-likeness (QED) is 0.887. The first-order valence-corrected chi connectivity index (χ1v) is 7.66. The molecule has 7 heteroatoms. The predicted molar refractivity (Wildman–Crippen MR) is 78.2 cm³/mol. The number of nitrogens with one attached hydrogen (secondary N) is 1. The molecule has 3 rings (SSSR count). The molecule has 0 saturated heterocycles. The van der Waals surface area contributed by atoms with E-state index in [2.05, 4.69) is 5.32 Å². The van der Waals surface area contributed by atoms with Crippen molar-refractivity contribution >= 4 is 17.0 Å². The Hall–Kier alpha value is -1.73. The van der Waals surface area contributed by atoms with E-state index in [0.717, 1.165) is 0 Å². The van der Waals surface area contributed by atoms with Crippen LogP contribution < -0.4 is 10.1 Å². The Bertz CT molecular complexity index is 669. The lowest BCUT2D eigenvalue weighted by Crippen LogP contribution is -2.16. The van der Waals surface area contributed by atoms with Gasteiger partial charge in [-0.1, -0.05) is 12.1 Å². The van der Waals surface area contributed by atoms with Crippen LogP contribution in [-0.4, -0.2) is 11.7 Å². The maximum Gasteiger partial charge on any atom is 0.425 e. The van der Waals surface area contributed by atoms with Crippen LogP contribution in [0, 0.1) is 0 Å². The second-order valence-corrected chi connectivity index (χ2v) is 5.92. The molecule has 2 N–H and O–H groups in total. The number of ether oxygens (including phenoxy) is 1. The van der Waals surface area contributed by atoms with Crippen molar-refractivity contribution in [3.05, 3.63) is 45.6 Å². The number of aliphatic hydroxyl groups excluding tert-OH is 1. The Morgan fingerprint density at radius 1 is 1.32 bits per heavy atom. The lowest BCUT2D eigenvalue weighted by atomic mass is 10.0. The highest BCUT2D eigenvalue weighted by Gasteiger charge is 2.34. The van der Waals surface area contributed by atoms with E-state index >= 15 is 0 Å². The maximum absolute atomic E-state index is 12.9. The molecular formula is C15H14F3NO2S. The minimum Gasteiger partial charge on any atom is -0.491 e. The molecule has 2 heterocycles. The number of para-hydroxylation sites is 1. The zero-order valence-electron chi connectivity index (χ0n) is 11.5. The maximum atomic E-state index is 12.9. The summed E-state index contributed by atoms with van der Waals surface area (Å²) in [7, 11) is 0. The van der Waals surface area contributed by atoms with Crippen LogP contribution in [0.3, 0.4) is 0 Å². The smallest absolute Gasteiger partial charge is 0.425 e. The van der Waals surface area contributed by atoms with Crippen molar-refractivity contribution in [2.75, 3.05) is 11.9 Å². The number of fused-ring (bicyclic) bond motifs is 1. The number of alkyl halides is 3. The van der Waals surface area contributed by atoms with Crippen LogP contribution in [0.4, 0.5) is 18.9 Å². The van der Waals surface area contributed by atoms with Gasteiger partial charge in [-0.05, 0) is 23.1 Å². The number of anilines is 1. The third-order valence-electron chi connectivity index (χ3n) is 3.52. The number of halogens is 3. The van der Waals surface area contributed by atoms with Crippen LogP contribution in [-0.2, 0) is 12.7 Å². The van der Waals surface area contributed by atoms with E-state index in [1.807, 2.05) is 0 Å². The molecule has 1 aromatic carbocycles. The number of hydrogen-bond donors (Lipinski definition) is 2. The van der Waals surface area contributed by atoms with Crippen molar-refractivity contribution in [1.82, 2.24) is 0 Å². The molecular weight excluding hydrogens is 315 g/mol. The van der Waals surface area contributed by atoms with Gasteiger partial charge in [-0.15, -0.1) is 11.3 Å². The molecule has 0 aliphatic carbocycles. The van der Waals surface area contributed by atoms with Gasteiger partial charge in [0, 0.05) is 18.5 Å². The third kappa shape index (κ3) is 2.91. The van der Waals surface area contributed by atoms with Crippen LogP contribution in [0.15, 0.2) is 29.6 Å². The van der Waals surface area contributed by atoms with Crippen molar-refractivity contribution in [2.45, 2.75) is 25.2 Å². The fourth-order valence-electron chi connectivity index (χ4n) is 2.46. The van der Waals surface area contributed by atoms with Gasteiger partial charge in [0.15, 0.2) is 0 Å². The zero-order chi connectivity index (χ0) is 15.7. The summed E-state index contributed by atoms with van der Waals surface area (Å²) in [6, 6.07) is 6.70. The van der Waals surface area contributed by atoms with Gasteiger partial charge < -0.3 is 15.2 Å². The topological polar surface area (TPSA) is 41.5 Å². The van der Waals surface area contributed by atoms with E-state index < -0.39 is 17.2 Å². The minimum atomic E-state index is -4.34. The summed E-state index contributed by atoms with van der Waals surface area (Å²) < 4.78 is 44.1. The molecule has 0 spiro atoms. The van der Waals surface area contributed by atoms with Gasteiger partial charge in [-0.2, -0.15) is 13.2 Å². The summed E-state index contributed by atoms with van der Waals surface area (Å²) in [5.41, 5.74) is 1.46. The summed E-state index contributed by atoms with van der Waals surface area (Å²) in [4.78, 5) is -0.592. The first-order chi connectivity index (χ1) is 10.5. The molecule has 1 aliphatic rings. The fraction of sp³-hybridized carbons (Fsp3) is 0.333. The number of thiophene rings is 1. The Morgan fingerprint density at radius 3 is 2.91 bits per heavy atom. The predicted octanol–water partition coefficient (Wildman–Crippen LogP) is 4.19. The van der Waals surface area contributed by atoms with Crippen molar-refractivity contribution in [1.29, 1.82) is 0 Å². The summed E-state index contributed by atoms with van der Waals surface area (Å²) in [5.74, 6) is 0.519. The van der Waals surface area contributed by atoms with Gasteiger partial charge in [0.05, 0.1) is 18.4 Å². The normalized spacial score (nSPS) is 17.7. The van der Waals surface area contributed by atoms with Crippen LogP contribution in [0.5, 0.6) is 5.75 Å². The average Bonchev–Trinajstić information content (AvgIpc) is 2.94. The molecule has 3 nitrogen and oxygen atoms in total. The minimum absolute atomic E-state index is 0.0499. The second kappa shape index (κ2) is 5.81. The summed E-state index contributed by atoms with van der Waals surface area (Å²) in [6.07, 6.45) is -4.43. The SMILES string of the molecule is OC1CCOc2c(NCc3ccsc3C(F)(F)F)cccc21. The molecule has 1 unspecified atom stereocenters. The molecule has 22 heavy (non-hydrogen) atoms. The van der Waals surface area contributed by atoms with Gasteiger partial charge in [0.2, 0.25) is 0 Å². The second-order valence-electron chi connectivity index (χ2n) is 5.00. The molecule has 1 aromatic heterocycles. The Labute approximate surface area is 129 Å². The van der Waals surface area contributed by atoms with E-state index in [4.69, 9.17) is 4.74 Å². The van der Waals surface area contributed by atoms with E-state index in [1.54, 1.807) is 18.2 Å². The molecule has 1 atom stereocenters. The summed E-state index contributed by atoms with van der Waals surface area (Å²) in [6.45, 7) is 0.438. The standard InChI is InChI=1S/C15H14F3NO2S/c16-15(17,18)14-9(5-7-22-14)8-19-11-3-1-2-10-12(20)4-6-21-13(10)11/h1-3,5,7,12,19-20H,4,6,8H2. The van der Waals surface area contributed by atoms with E-state index in [1.165, 1.54) is 11.4 Å². The van der Waals surface area contributed by atoms with Gasteiger partial charge in [0.25, 0.3) is 0 Å². The van der Waals surface area contributed by atoms with E-state index in [-0.39, 0.29) is 12.1 Å². The highest BCUT2D eigenvalue weighted by Crippen LogP contribution is 2.39. The molecule has 1 aliphatic heterocycles. The highest BCUT2D eigenvalue weighted by atomic mass is 32.1. The zero-order valence-corrected chi connectivity index (χ0v) is 12.3. The average molecular weight is 329 g/mol.